The van der Waals surface area contributed by atoms with E-state index in [4.69, 9.17) is 4.74 Å². The van der Waals surface area contributed by atoms with Gasteiger partial charge in [-0.2, -0.15) is 4.31 Å². The van der Waals surface area contributed by atoms with Crippen molar-refractivity contribution in [3.63, 3.8) is 0 Å². The van der Waals surface area contributed by atoms with E-state index in [9.17, 15) is 8.42 Å². The fourth-order valence-electron chi connectivity index (χ4n) is 1.67. The molecule has 8 heteroatoms. The molecule has 102 valence electrons. The van der Waals surface area contributed by atoms with E-state index >= 15 is 0 Å². The molecule has 2 rings (SSSR count). The Balaban J connectivity index is 0.00000162. The van der Waals surface area contributed by atoms with Crippen LogP contribution in [0.15, 0.2) is 23.2 Å². The Labute approximate surface area is 113 Å². The van der Waals surface area contributed by atoms with E-state index in [-0.39, 0.29) is 17.3 Å². The zero-order chi connectivity index (χ0) is 12.3. The molecule has 1 N–H and O–H groups in total. The molecule has 0 aromatic carbocycles. The maximum atomic E-state index is 12.2. The number of pyridine rings is 1. The summed E-state index contributed by atoms with van der Waals surface area (Å²) >= 11 is 0. The number of nitrogens with zero attached hydrogens (tertiary/aromatic N) is 2. The fourth-order valence-corrected chi connectivity index (χ4v) is 3.06. The van der Waals surface area contributed by atoms with Crippen molar-refractivity contribution in [1.29, 1.82) is 0 Å². The minimum absolute atomic E-state index is 0. The molecule has 1 aliphatic heterocycles. The van der Waals surface area contributed by atoms with Crippen molar-refractivity contribution in [1.82, 2.24) is 14.6 Å². The fraction of sp³-hybridized carbons (Fsp3) is 0.500. The Morgan fingerprint density at radius 1 is 1.33 bits per heavy atom. The number of aromatic nitrogens is 1. The second-order valence-electron chi connectivity index (χ2n) is 3.69. The van der Waals surface area contributed by atoms with Crippen LogP contribution >= 0.6 is 12.4 Å². The Bertz CT molecular complexity index is 472. The van der Waals surface area contributed by atoms with Crippen LogP contribution in [0, 0.1) is 0 Å². The van der Waals surface area contributed by atoms with Crippen LogP contribution in [0.25, 0.3) is 0 Å². The van der Waals surface area contributed by atoms with E-state index in [0.29, 0.717) is 32.1 Å². The summed E-state index contributed by atoms with van der Waals surface area (Å²) in [6.45, 7) is 2.36. The highest BCUT2D eigenvalue weighted by molar-refractivity contribution is 7.89. The third-order valence-electron chi connectivity index (χ3n) is 2.63. The van der Waals surface area contributed by atoms with E-state index in [1.165, 1.54) is 23.7 Å². The van der Waals surface area contributed by atoms with Crippen LogP contribution in [0.1, 0.15) is 0 Å². The van der Waals surface area contributed by atoms with Crippen molar-refractivity contribution in [3.8, 4) is 5.88 Å². The predicted molar refractivity (Wildman–Crippen MR) is 69.7 cm³/mol. The first-order chi connectivity index (χ1) is 8.14. The van der Waals surface area contributed by atoms with Crippen molar-refractivity contribution in [2.24, 2.45) is 0 Å². The molecule has 0 bridgehead atoms. The molecule has 0 unspecified atom stereocenters. The Morgan fingerprint density at radius 3 is 2.50 bits per heavy atom. The minimum atomic E-state index is -3.41. The normalized spacial score (nSPS) is 16.9. The number of halogens is 1. The lowest BCUT2D eigenvalue weighted by molar-refractivity contribution is 0.359. The minimum Gasteiger partial charge on any atom is -0.481 e. The first-order valence-electron chi connectivity index (χ1n) is 5.35. The quantitative estimate of drug-likeness (QED) is 0.856. The molecule has 1 fully saturated rings. The van der Waals surface area contributed by atoms with E-state index in [1.807, 2.05) is 0 Å². The summed E-state index contributed by atoms with van der Waals surface area (Å²) in [5.41, 5.74) is 0. The van der Waals surface area contributed by atoms with Gasteiger partial charge in [0.1, 0.15) is 4.90 Å². The lowest BCUT2D eigenvalue weighted by Crippen LogP contribution is -2.46. The van der Waals surface area contributed by atoms with Gasteiger partial charge >= 0.3 is 0 Å². The van der Waals surface area contributed by atoms with Crippen molar-refractivity contribution in [2.75, 3.05) is 33.3 Å². The highest BCUT2D eigenvalue weighted by Gasteiger charge is 2.25. The van der Waals surface area contributed by atoms with Gasteiger partial charge in [-0.25, -0.2) is 13.4 Å². The molecule has 0 spiro atoms. The second kappa shape index (κ2) is 6.33. The van der Waals surface area contributed by atoms with Crippen LogP contribution in [0.5, 0.6) is 5.88 Å². The standard InChI is InChI=1S/C10H15N3O3S.ClH/c1-16-10-3-2-9(8-12-10)17(14,15)13-6-4-11-5-7-13;/h2-3,8,11H,4-7H2,1H3;1H. The van der Waals surface area contributed by atoms with Crippen LogP contribution < -0.4 is 10.1 Å². The number of sulfonamides is 1. The van der Waals surface area contributed by atoms with E-state index in [0.717, 1.165) is 0 Å². The van der Waals surface area contributed by atoms with Crippen molar-refractivity contribution in [2.45, 2.75) is 4.90 Å². The molecule has 2 heterocycles. The zero-order valence-electron chi connectivity index (χ0n) is 10.00. The molecular weight excluding hydrogens is 278 g/mol. The van der Waals surface area contributed by atoms with Gasteiger partial charge in [-0.05, 0) is 6.07 Å². The van der Waals surface area contributed by atoms with E-state index < -0.39 is 10.0 Å². The van der Waals surface area contributed by atoms with Crippen molar-refractivity contribution >= 4 is 22.4 Å². The summed E-state index contributed by atoms with van der Waals surface area (Å²) < 4.78 is 30.8. The van der Waals surface area contributed by atoms with Gasteiger partial charge in [-0.15, -0.1) is 12.4 Å². The first-order valence-corrected chi connectivity index (χ1v) is 6.79. The number of ether oxygens (including phenoxy) is 1. The van der Waals surface area contributed by atoms with Crippen LogP contribution in [-0.2, 0) is 10.0 Å². The number of piperazine rings is 1. The Kier molecular flexibility index (Phi) is 5.33. The van der Waals surface area contributed by atoms with E-state index in [1.54, 1.807) is 6.07 Å². The SMILES string of the molecule is COc1ccc(S(=O)(=O)N2CCNCC2)cn1.Cl. The van der Waals surface area contributed by atoms with Crippen LogP contribution in [-0.4, -0.2) is 51.0 Å². The third-order valence-corrected chi connectivity index (χ3v) is 4.51. The number of hydrogen-bond donors (Lipinski definition) is 1. The zero-order valence-corrected chi connectivity index (χ0v) is 11.6. The average molecular weight is 294 g/mol. The van der Waals surface area contributed by atoms with Gasteiger partial charge in [0.15, 0.2) is 0 Å². The van der Waals surface area contributed by atoms with Gasteiger partial charge < -0.3 is 10.1 Å². The molecule has 1 aromatic rings. The summed E-state index contributed by atoms with van der Waals surface area (Å²) in [5.74, 6) is 0.407. The lowest BCUT2D eigenvalue weighted by atomic mass is 10.4. The number of rotatable bonds is 3. The largest absolute Gasteiger partial charge is 0.481 e. The number of nitrogens with one attached hydrogen (secondary N) is 1. The summed E-state index contributed by atoms with van der Waals surface area (Å²) in [5, 5.41) is 3.11. The molecule has 0 atom stereocenters. The maximum absolute atomic E-state index is 12.2. The Morgan fingerprint density at radius 2 is 2.00 bits per heavy atom. The molecule has 1 aliphatic rings. The highest BCUT2D eigenvalue weighted by atomic mass is 35.5. The molecule has 1 saturated heterocycles. The molecule has 18 heavy (non-hydrogen) atoms. The van der Waals surface area contributed by atoms with Gasteiger partial charge in [-0.1, -0.05) is 0 Å². The van der Waals surface area contributed by atoms with Crippen LogP contribution in [0.4, 0.5) is 0 Å². The van der Waals surface area contributed by atoms with Gasteiger partial charge in [0.25, 0.3) is 0 Å². The monoisotopic (exact) mass is 293 g/mol. The van der Waals surface area contributed by atoms with Crippen LogP contribution in [0.2, 0.25) is 0 Å². The summed E-state index contributed by atoms with van der Waals surface area (Å²) in [7, 11) is -1.92. The van der Waals surface area contributed by atoms with Crippen molar-refractivity contribution in [3.05, 3.63) is 18.3 Å². The molecule has 0 amide bonds. The smallest absolute Gasteiger partial charge is 0.244 e. The van der Waals surface area contributed by atoms with Gasteiger partial charge in [-0.3, -0.25) is 0 Å². The molecule has 0 radical (unpaired) electrons. The third kappa shape index (κ3) is 3.11. The molecular formula is C10H16ClN3O3S. The van der Waals surface area contributed by atoms with Crippen LogP contribution in [0.3, 0.4) is 0 Å². The summed E-state index contributed by atoms with van der Waals surface area (Å²) in [6.07, 6.45) is 1.33. The average Bonchev–Trinajstić information content (AvgIpc) is 2.40. The Hall–Kier alpha value is -0.890. The van der Waals surface area contributed by atoms with E-state index in [2.05, 4.69) is 10.3 Å². The van der Waals surface area contributed by atoms with Gasteiger partial charge in [0, 0.05) is 32.2 Å². The lowest BCUT2D eigenvalue weighted by Gasteiger charge is -2.26. The second-order valence-corrected chi connectivity index (χ2v) is 5.63. The topological polar surface area (TPSA) is 71.5 Å². The molecule has 0 saturated carbocycles. The van der Waals surface area contributed by atoms with Crippen molar-refractivity contribution < 1.29 is 13.2 Å². The first kappa shape index (κ1) is 15.2. The highest BCUT2D eigenvalue weighted by Crippen LogP contribution is 2.17. The predicted octanol–water partition coefficient (Wildman–Crippen LogP) is 0.106. The number of methoxy groups -OCH3 is 1. The maximum Gasteiger partial charge on any atom is 0.244 e. The summed E-state index contributed by atoms with van der Waals surface area (Å²) in [6, 6.07) is 3.07. The van der Waals surface area contributed by atoms with Gasteiger partial charge in [0.2, 0.25) is 15.9 Å². The summed E-state index contributed by atoms with van der Waals surface area (Å²) in [4.78, 5) is 4.12. The number of hydrogen-bond acceptors (Lipinski definition) is 5. The van der Waals surface area contributed by atoms with Gasteiger partial charge in [0.05, 0.1) is 13.3 Å². The molecule has 6 nitrogen and oxygen atoms in total. The molecule has 0 aliphatic carbocycles. The molecule has 1 aromatic heterocycles.